The lowest BCUT2D eigenvalue weighted by Crippen LogP contribution is -2.55. The molecule has 1 heterocycles. The van der Waals surface area contributed by atoms with Gasteiger partial charge in [-0.2, -0.15) is 0 Å². The number of carbonyl (C=O) groups is 1. The second-order valence-electron chi connectivity index (χ2n) is 7.01. The highest BCUT2D eigenvalue weighted by Gasteiger charge is 2.36. The fraction of sp³-hybridized carbons (Fsp3) is 0.938. The van der Waals surface area contributed by atoms with Crippen molar-refractivity contribution in [2.45, 2.75) is 51.0 Å². The summed E-state index contributed by atoms with van der Waals surface area (Å²) in [6.07, 6.45) is 7.49. The molecule has 0 aromatic rings. The minimum atomic E-state index is 0.239. The fourth-order valence-corrected chi connectivity index (χ4v) is 3.84. The average Bonchev–Trinajstić information content (AvgIpc) is 2.92. The summed E-state index contributed by atoms with van der Waals surface area (Å²) >= 11 is 0. The highest BCUT2D eigenvalue weighted by Crippen LogP contribution is 2.35. The SMILES string of the molecule is CC1CCCC(CNCC(=O)N2CCCC2)(N(C)C)C1. The van der Waals surface area contributed by atoms with Gasteiger partial charge in [-0.05, 0) is 45.7 Å². The molecule has 0 aromatic carbocycles. The monoisotopic (exact) mass is 281 g/mol. The summed E-state index contributed by atoms with van der Waals surface area (Å²) < 4.78 is 0. The van der Waals surface area contributed by atoms with Gasteiger partial charge in [-0.15, -0.1) is 0 Å². The van der Waals surface area contributed by atoms with E-state index in [1.807, 2.05) is 4.90 Å². The van der Waals surface area contributed by atoms with Crippen molar-refractivity contribution in [2.75, 3.05) is 40.3 Å². The van der Waals surface area contributed by atoms with E-state index >= 15 is 0 Å². The lowest BCUT2D eigenvalue weighted by Gasteiger charge is -2.45. The summed E-state index contributed by atoms with van der Waals surface area (Å²) in [6, 6.07) is 0. The van der Waals surface area contributed by atoms with Crippen LogP contribution in [0.15, 0.2) is 0 Å². The van der Waals surface area contributed by atoms with Crippen LogP contribution in [0.2, 0.25) is 0 Å². The van der Waals surface area contributed by atoms with E-state index in [4.69, 9.17) is 0 Å². The smallest absolute Gasteiger partial charge is 0.236 e. The molecule has 1 N–H and O–H groups in total. The standard InChI is InChI=1S/C16H31N3O/c1-14-7-6-8-16(11-14,18(2)3)13-17-12-15(20)19-9-4-5-10-19/h14,17H,4-13H2,1-3H3. The molecule has 1 saturated carbocycles. The zero-order valence-electron chi connectivity index (χ0n) is 13.5. The van der Waals surface area contributed by atoms with Crippen LogP contribution >= 0.6 is 0 Å². The van der Waals surface area contributed by atoms with Gasteiger partial charge in [0.25, 0.3) is 0 Å². The molecule has 1 amide bonds. The van der Waals surface area contributed by atoms with Crippen molar-refractivity contribution in [1.29, 1.82) is 0 Å². The molecule has 0 radical (unpaired) electrons. The zero-order chi connectivity index (χ0) is 14.6. The number of rotatable bonds is 5. The van der Waals surface area contributed by atoms with Crippen molar-refractivity contribution >= 4 is 5.91 Å². The first kappa shape index (κ1) is 15.8. The van der Waals surface area contributed by atoms with E-state index in [-0.39, 0.29) is 11.4 Å². The summed E-state index contributed by atoms with van der Waals surface area (Å²) in [6.45, 7) is 5.70. The largest absolute Gasteiger partial charge is 0.342 e. The van der Waals surface area contributed by atoms with Gasteiger partial charge in [-0.25, -0.2) is 0 Å². The minimum absolute atomic E-state index is 0.239. The van der Waals surface area contributed by atoms with E-state index in [0.29, 0.717) is 6.54 Å². The van der Waals surface area contributed by atoms with Crippen LogP contribution in [0.4, 0.5) is 0 Å². The molecule has 4 nitrogen and oxygen atoms in total. The van der Waals surface area contributed by atoms with Gasteiger partial charge in [0.05, 0.1) is 6.54 Å². The summed E-state index contributed by atoms with van der Waals surface area (Å²) in [5.41, 5.74) is 0.239. The van der Waals surface area contributed by atoms with Crippen LogP contribution in [0.25, 0.3) is 0 Å². The van der Waals surface area contributed by atoms with Crippen LogP contribution in [0.5, 0.6) is 0 Å². The Kier molecular flexibility index (Phi) is 5.44. The molecule has 2 aliphatic rings. The summed E-state index contributed by atoms with van der Waals surface area (Å²) in [5.74, 6) is 1.07. The number of nitrogens with one attached hydrogen (secondary N) is 1. The molecule has 2 unspecified atom stereocenters. The molecule has 2 atom stereocenters. The van der Waals surface area contributed by atoms with Gasteiger partial charge in [0.15, 0.2) is 0 Å². The molecule has 0 aromatic heterocycles. The lowest BCUT2D eigenvalue weighted by atomic mass is 9.75. The van der Waals surface area contributed by atoms with Crippen LogP contribution < -0.4 is 5.32 Å². The Labute approximate surface area is 123 Å². The van der Waals surface area contributed by atoms with Gasteiger partial charge >= 0.3 is 0 Å². The summed E-state index contributed by atoms with van der Waals surface area (Å²) in [5, 5.41) is 3.44. The molecule has 1 aliphatic carbocycles. The Balaban J connectivity index is 1.81. The van der Waals surface area contributed by atoms with Crippen LogP contribution in [-0.4, -0.2) is 61.5 Å². The predicted molar refractivity (Wildman–Crippen MR) is 82.7 cm³/mol. The minimum Gasteiger partial charge on any atom is -0.342 e. The first-order chi connectivity index (χ1) is 9.53. The maximum atomic E-state index is 12.1. The first-order valence-corrected chi connectivity index (χ1v) is 8.19. The van der Waals surface area contributed by atoms with Gasteiger partial charge in [0.1, 0.15) is 0 Å². The van der Waals surface area contributed by atoms with E-state index in [9.17, 15) is 4.79 Å². The van der Waals surface area contributed by atoms with Crippen molar-refractivity contribution < 1.29 is 4.79 Å². The second kappa shape index (κ2) is 6.90. The third kappa shape index (κ3) is 3.73. The number of likely N-dealkylation sites (N-methyl/N-ethyl adjacent to an activating group) is 1. The van der Waals surface area contributed by atoms with E-state index in [1.165, 1.54) is 38.5 Å². The average molecular weight is 281 g/mol. The normalized spacial score (nSPS) is 31.0. The number of nitrogens with zero attached hydrogens (tertiary/aromatic N) is 2. The Morgan fingerprint density at radius 3 is 2.60 bits per heavy atom. The van der Waals surface area contributed by atoms with Crippen molar-refractivity contribution in [3.05, 3.63) is 0 Å². The van der Waals surface area contributed by atoms with Crippen molar-refractivity contribution in [3.8, 4) is 0 Å². The number of amides is 1. The molecule has 2 fully saturated rings. The van der Waals surface area contributed by atoms with Gasteiger partial charge in [0.2, 0.25) is 5.91 Å². The molecule has 1 saturated heterocycles. The molecular weight excluding hydrogens is 250 g/mol. The van der Waals surface area contributed by atoms with Crippen LogP contribution in [0, 0.1) is 5.92 Å². The molecule has 116 valence electrons. The number of carbonyl (C=O) groups excluding carboxylic acids is 1. The maximum Gasteiger partial charge on any atom is 0.236 e. The number of likely N-dealkylation sites (tertiary alicyclic amines) is 1. The van der Waals surface area contributed by atoms with Crippen molar-refractivity contribution in [3.63, 3.8) is 0 Å². The maximum absolute atomic E-state index is 12.1. The Hall–Kier alpha value is -0.610. The van der Waals surface area contributed by atoms with Gasteiger partial charge in [0, 0.05) is 25.2 Å². The van der Waals surface area contributed by atoms with Gasteiger partial charge in [-0.1, -0.05) is 19.8 Å². The number of hydrogen-bond donors (Lipinski definition) is 1. The van der Waals surface area contributed by atoms with Crippen LogP contribution in [0.1, 0.15) is 45.4 Å². The molecule has 2 rings (SSSR count). The van der Waals surface area contributed by atoms with Crippen molar-refractivity contribution in [1.82, 2.24) is 15.1 Å². The highest BCUT2D eigenvalue weighted by atomic mass is 16.2. The topological polar surface area (TPSA) is 35.6 Å². The van der Waals surface area contributed by atoms with Gasteiger partial charge in [-0.3, -0.25) is 4.79 Å². The van der Waals surface area contributed by atoms with E-state index in [2.05, 4.69) is 31.2 Å². The Morgan fingerprint density at radius 1 is 1.30 bits per heavy atom. The fourth-order valence-electron chi connectivity index (χ4n) is 3.84. The van der Waals surface area contributed by atoms with E-state index in [1.54, 1.807) is 0 Å². The molecule has 1 aliphatic heterocycles. The predicted octanol–water partition coefficient (Wildman–Crippen LogP) is 1.71. The summed E-state index contributed by atoms with van der Waals surface area (Å²) in [7, 11) is 4.37. The van der Waals surface area contributed by atoms with E-state index in [0.717, 1.165) is 25.6 Å². The third-order valence-corrected chi connectivity index (χ3v) is 5.21. The second-order valence-corrected chi connectivity index (χ2v) is 7.01. The van der Waals surface area contributed by atoms with Crippen LogP contribution in [0.3, 0.4) is 0 Å². The van der Waals surface area contributed by atoms with Crippen LogP contribution in [-0.2, 0) is 4.79 Å². The highest BCUT2D eigenvalue weighted by molar-refractivity contribution is 5.78. The van der Waals surface area contributed by atoms with E-state index < -0.39 is 0 Å². The molecule has 4 heteroatoms. The van der Waals surface area contributed by atoms with Crippen molar-refractivity contribution in [2.24, 2.45) is 5.92 Å². The Bertz CT molecular complexity index is 326. The Morgan fingerprint density at radius 2 is 2.00 bits per heavy atom. The lowest BCUT2D eigenvalue weighted by molar-refractivity contribution is -0.129. The number of hydrogen-bond acceptors (Lipinski definition) is 3. The quantitative estimate of drug-likeness (QED) is 0.833. The van der Waals surface area contributed by atoms with Gasteiger partial charge < -0.3 is 15.1 Å². The molecule has 0 spiro atoms. The zero-order valence-corrected chi connectivity index (χ0v) is 13.5. The third-order valence-electron chi connectivity index (χ3n) is 5.21. The first-order valence-electron chi connectivity index (χ1n) is 8.19. The molecular formula is C16H31N3O. The molecule has 20 heavy (non-hydrogen) atoms. The molecule has 0 bridgehead atoms. The summed E-state index contributed by atoms with van der Waals surface area (Å²) in [4.78, 5) is 16.4.